The molecule has 26 heavy (non-hydrogen) atoms. The standard InChI is InChI=1S/C19H17F2N3OS/c1-10-24-17-16(12-2-3-12)13(9-23-19(17)26-10)8-14(25)6-11-4-5-22-15(7-11)18(20)21/h4-5,7,9,12,18H,2-3,6,8H2,1H3. The summed E-state index contributed by atoms with van der Waals surface area (Å²) >= 11 is 1.56. The van der Waals surface area contributed by atoms with Gasteiger partial charge in [0.15, 0.2) is 0 Å². The van der Waals surface area contributed by atoms with Crippen molar-refractivity contribution >= 4 is 27.5 Å². The first-order valence-corrected chi connectivity index (χ1v) is 9.32. The summed E-state index contributed by atoms with van der Waals surface area (Å²) in [4.78, 5) is 26.2. The zero-order chi connectivity index (χ0) is 18.3. The second-order valence-corrected chi connectivity index (χ2v) is 7.82. The maximum atomic E-state index is 12.8. The molecule has 0 saturated heterocycles. The largest absolute Gasteiger partial charge is 0.299 e. The van der Waals surface area contributed by atoms with Crippen LogP contribution in [0.4, 0.5) is 8.78 Å². The van der Waals surface area contributed by atoms with Gasteiger partial charge in [0.2, 0.25) is 0 Å². The molecule has 3 aromatic rings. The number of pyridine rings is 2. The second kappa shape index (κ2) is 6.79. The Hall–Kier alpha value is -2.28. The molecule has 134 valence electrons. The van der Waals surface area contributed by atoms with Gasteiger partial charge in [-0.25, -0.2) is 18.7 Å². The third kappa shape index (κ3) is 3.49. The first-order valence-electron chi connectivity index (χ1n) is 8.51. The molecular weight excluding hydrogens is 356 g/mol. The van der Waals surface area contributed by atoms with E-state index >= 15 is 0 Å². The molecule has 4 nitrogen and oxygen atoms in total. The number of fused-ring (bicyclic) bond motifs is 1. The lowest BCUT2D eigenvalue weighted by atomic mass is 9.97. The topological polar surface area (TPSA) is 55.7 Å². The molecule has 0 unspecified atom stereocenters. The minimum atomic E-state index is -2.63. The van der Waals surface area contributed by atoms with Crippen LogP contribution in [0.3, 0.4) is 0 Å². The summed E-state index contributed by atoms with van der Waals surface area (Å²) in [5, 5.41) is 0.967. The SMILES string of the molecule is Cc1nc2c(C3CC3)c(CC(=O)Cc3ccnc(C(F)F)c3)cnc2s1. The van der Waals surface area contributed by atoms with Crippen LogP contribution in [0.2, 0.25) is 0 Å². The van der Waals surface area contributed by atoms with E-state index in [9.17, 15) is 13.6 Å². The van der Waals surface area contributed by atoms with Crippen LogP contribution in [0.25, 0.3) is 10.3 Å². The molecule has 1 saturated carbocycles. The molecule has 0 aliphatic heterocycles. The second-order valence-electron chi connectivity index (χ2n) is 6.64. The third-order valence-electron chi connectivity index (χ3n) is 4.50. The van der Waals surface area contributed by atoms with Gasteiger partial charge >= 0.3 is 0 Å². The summed E-state index contributed by atoms with van der Waals surface area (Å²) in [7, 11) is 0. The third-order valence-corrected chi connectivity index (χ3v) is 5.38. The molecule has 7 heteroatoms. The fraction of sp³-hybridized carbons (Fsp3) is 0.368. The van der Waals surface area contributed by atoms with E-state index in [1.807, 2.05) is 6.92 Å². The van der Waals surface area contributed by atoms with Gasteiger partial charge in [0.05, 0.1) is 5.01 Å². The van der Waals surface area contributed by atoms with Crippen LogP contribution in [0.1, 0.15) is 52.6 Å². The number of carbonyl (C=O) groups is 1. The Morgan fingerprint density at radius 3 is 2.85 bits per heavy atom. The van der Waals surface area contributed by atoms with Crippen molar-refractivity contribution in [3.05, 3.63) is 51.9 Å². The first-order chi connectivity index (χ1) is 12.5. The number of Topliss-reactive ketones (excluding diaryl/α,β-unsaturated/α-hetero) is 1. The summed E-state index contributed by atoms with van der Waals surface area (Å²) < 4.78 is 25.5. The number of halogens is 2. The number of alkyl halides is 2. The molecule has 0 aromatic carbocycles. The van der Waals surface area contributed by atoms with Crippen LogP contribution in [-0.4, -0.2) is 20.7 Å². The van der Waals surface area contributed by atoms with Crippen molar-refractivity contribution < 1.29 is 13.6 Å². The Balaban J connectivity index is 1.58. The van der Waals surface area contributed by atoms with Crippen LogP contribution in [0.15, 0.2) is 24.5 Å². The van der Waals surface area contributed by atoms with E-state index < -0.39 is 6.43 Å². The number of carbonyl (C=O) groups excluding carboxylic acids is 1. The molecular formula is C19H17F2N3OS. The highest BCUT2D eigenvalue weighted by Gasteiger charge is 2.30. The molecule has 0 N–H and O–H groups in total. The van der Waals surface area contributed by atoms with Crippen molar-refractivity contribution in [3.63, 3.8) is 0 Å². The molecule has 3 heterocycles. The van der Waals surface area contributed by atoms with Gasteiger partial charge in [-0.2, -0.15) is 0 Å². The Bertz CT molecular complexity index is 982. The van der Waals surface area contributed by atoms with Crippen molar-refractivity contribution in [2.45, 2.75) is 45.0 Å². The van der Waals surface area contributed by atoms with Crippen molar-refractivity contribution in [1.29, 1.82) is 0 Å². The normalized spacial score (nSPS) is 14.3. The first kappa shape index (κ1) is 17.1. The number of rotatable bonds is 6. The summed E-state index contributed by atoms with van der Waals surface area (Å²) in [6.45, 7) is 1.96. The highest BCUT2D eigenvalue weighted by atomic mass is 32.1. The number of aromatic nitrogens is 3. The van der Waals surface area contributed by atoms with E-state index in [1.54, 1.807) is 23.6 Å². The smallest absolute Gasteiger partial charge is 0.280 e. The van der Waals surface area contributed by atoms with Gasteiger partial charge in [0.25, 0.3) is 6.43 Å². The lowest BCUT2D eigenvalue weighted by Gasteiger charge is -2.09. The zero-order valence-corrected chi connectivity index (χ0v) is 15.0. The van der Waals surface area contributed by atoms with Crippen molar-refractivity contribution in [1.82, 2.24) is 15.0 Å². The van der Waals surface area contributed by atoms with Crippen LogP contribution in [-0.2, 0) is 17.6 Å². The van der Waals surface area contributed by atoms with E-state index in [2.05, 4.69) is 15.0 Å². The van der Waals surface area contributed by atoms with Gasteiger partial charge in [0, 0.05) is 25.2 Å². The number of hydrogen-bond donors (Lipinski definition) is 0. The molecule has 3 aromatic heterocycles. The number of aryl methyl sites for hydroxylation is 1. The molecule has 0 radical (unpaired) electrons. The Labute approximate surface area is 153 Å². The molecule has 1 aliphatic rings. The summed E-state index contributed by atoms with van der Waals surface area (Å²) in [6, 6.07) is 2.91. The fourth-order valence-corrected chi connectivity index (χ4v) is 4.01. The summed E-state index contributed by atoms with van der Waals surface area (Å²) in [5.74, 6) is 0.433. The van der Waals surface area contributed by atoms with Gasteiger partial charge < -0.3 is 0 Å². The average molecular weight is 373 g/mol. The van der Waals surface area contributed by atoms with Crippen molar-refractivity contribution in [2.75, 3.05) is 0 Å². The minimum Gasteiger partial charge on any atom is -0.299 e. The van der Waals surface area contributed by atoms with Gasteiger partial charge in [-0.1, -0.05) is 11.3 Å². The average Bonchev–Trinajstić information content (AvgIpc) is 3.35. The lowest BCUT2D eigenvalue weighted by molar-refractivity contribution is -0.117. The summed E-state index contributed by atoms with van der Waals surface area (Å²) in [5.41, 5.74) is 3.25. The number of nitrogens with zero attached hydrogens (tertiary/aromatic N) is 3. The highest BCUT2D eigenvalue weighted by molar-refractivity contribution is 7.18. The van der Waals surface area contributed by atoms with Crippen molar-refractivity contribution in [3.8, 4) is 0 Å². The van der Waals surface area contributed by atoms with E-state index in [1.165, 1.54) is 12.3 Å². The van der Waals surface area contributed by atoms with Crippen LogP contribution < -0.4 is 0 Å². The Morgan fingerprint density at radius 2 is 2.12 bits per heavy atom. The monoisotopic (exact) mass is 373 g/mol. The predicted octanol–water partition coefficient (Wildman–Crippen LogP) is 4.56. The molecule has 1 aliphatic carbocycles. The van der Waals surface area contributed by atoms with Gasteiger partial charge in [-0.15, -0.1) is 0 Å². The van der Waals surface area contributed by atoms with E-state index in [0.29, 0.717) is 11.5 Å². The van der Waals surface area contributed by atoms with Crippen LogP contribution >= 0.6 is 11.3 Å². The highest BCUT2D eigenvalue weighted by Crippen LogP contribution is 2.45. The van der Waals surface area contributed by atoms with Gasteiger partial charge in [-0.05, 0) is 54.5 Å². The predicted molar refractivity (Wildman–Crippen MR) is 95.7 cm³/mol. The number of thiazole rings is 1. The Kier molecular flexibility index (Phi) is 4.48. The lowest BCUT2D eigenvalue weighted by Crippen LogP contribution is -2.09. The number of hydrogen-bond acceptors (Lipinski definition) is 5. The maximum Gasteiger partial charge on any atom is 0.280 e. The van der Waals surface area contributed by atoms with Crippen molar-refractivity contribution in [2.24, 2.45) is 0 Å². The number of ketones is 1. The van der Waals surface area contributed by atoms with Gasteiger partial charge in [0.1, 0.15) is 21.8 Å². The van der Waals surface area contributed by atoms with E-state index in [-0.39, 0.29) is 24.3 Å². The zero-order valence-electron chi connectivity index (χ0n) is 14.2. The molecule has 0 spiro atoms. The van der Waals surface area contributed by atoms with Crippen LogP contribution in [0, 0.1) is 6.92 Å². The van der Waals surface area contributed by atoms with Crippen LogP contribution in [0.5, 0.6) is 0 Å². The minimum absolute atomic E-state index is 0.0218. The molecule has 0 bridgehead atoms. The molecule has 1 fully saturated rings. The quantitative estimate of drug-likeness (QED) is 0.635. The fourth-order valence-electron chi connectivity index (χ4n) is 3.23. The molecule has 0 atom stereocenters. The van der Waals surface area contributed by atoms with E-state index in [0.717, 1.165) is 39.3 Å². The van der Waals surface area contributed by atoms with E-state index in [4.69, 9.17) is 0 Å². The molecule has 0 amide bonds. The Morgan fingerprint density at radius 1 is 1.31 bits per heavy atom. The molecule has 4 rings (SSSR count). The maximum absolute atomic E-state index is 12.8. The summed E-state index contributed by atoms with van der Waals surface area (Å²) in [6.07, 6.45) is 3.05. The van der Waals surface area contributed by atoms with Gasteiger partial charge in [-0.3, -0.25) is 9.78 Å².